The van der Waals surface area contributed by atoms with Gasteiger partial charge in [0.1, 0.15) is 18.2 Å². The molecule has 0 radical (unpaired) electrons. The van der Waals surface area contributed by atoms with Crippen LogP contribution < -0.4 is 10.1 Å². The molecule has 2 aromatic heterocycles. The molecule has 1 aliphatic heterocycles. The number of nitrogens with zero attached hydrogens (tertiary/aromatic N) is 3. The Morgan fingerprint density at radius 3 is 3.11 bits per heavy atom. The van der Waals surface area contributed by atoms with E-state index in [0.717, 1.165) is 18.6 Å². The van der Waals surface area contributed by atoms with Crippen molar-refractivity contribution in [3.63, 3.8) is 0 Å². The minimum Gasteiger partial charge on any atom is -0.475 e. The first-order chi connectivity index (χ1) is 9.31. The Bertz CT molecular complexity index is 563. The van der Waals surface area contributed by atoms with Crippen molar-refractivity contribution < 1.29 is 9.47 Å². The molecular weight excluding hydrogens is 244 g/mol. The van der Waals surface area contributed by atoms with E-state index in [9.17, 15) is 0 Å². The van der Waals surface area contributed by atoms with Crippen LogP contribution >= 0.6 is 0 Å². The molecule has 1 fully saturated rings. The van der Waals surface area contributed by atoms with Gasteiger partial charge in [-0.1, -0.05) is 0 Å². The zero-order valence-electron chi connectivity index (χ0n) is 10.7. The first kappa shape index (κ1) is 12.3. The third-order valence-electron chi connectivity index (χ3n) is 2.95. The maximum absolute atomic E-state index is 5.75. The standard InChI is InChI=1S/C13H16N4O2/c1-9-6-14-7-10(19-9)8-18-12-3-2-11-13(17-12)16-5-4-15-11/h2-5,9-10,14H,6-8H2,1H3. The minimum absolute atomic E-state index is 0.0584. The molecule has 100 valence electrons. The van der Waals surface area contributed by atoms with E-state index in [4.69, 9.17) is 9.47 Å². The van der Waals surface area contributed by atoms with Gasteiger partial charge < -0.3 is 14.8 Å². The summed E-state index contributed by atoms with van der Waals surface area (Å²) in [6.07, 6.45) is 3.54. The van der Waals surface area contributed by atoms with Crippen LogP contribution in [0.15, 0.2) is 24.5 Å². The lowest BCUT2D eigenvalue weighted by molar-refractivity contribution is -0.0476. The van der Waals surface area contributed by atoms with Crippen molar-refractivity contribution in [1.82, 2.24) is 20.3 Å². The van der Waals surface area contributed by atoms with E-state index in [-0.39, 0.29) is 12.2 Å². The largest absolute Gasteiger partial charge is 0.475 e. The Kier molecular flexibility index (Phi) is 3.52. The topological polar surface area (TPSA) is 69.2 Å². The molecule has 2 aromatic rings. The molecule has 0 saturated carbocycles. The second-order valence-corrected chi connectivity index (χ2v) is 4.59. The van der Waals surface area contributed by atoms with Crippen molar-refractivity contribution in [2.24, 2.45) is 0 Å². The number of morpholine rings is 1. The summed E-state index contributed by atoms with van der Waals surface area (Å²) in [5.74, 6) is 0.551. The van der Waals surface area contributed by atoms with Gasteiger partial charge >= 0.3 is 0 Å². The van der Waals surface area contributed by atoms with Gasteiger partial charge in [0.05, 0.1) is 6.10 Å². The lowest BCUT2D eigenvalue weighted by atomic mass is 10.2. The number of nitrogens with one attached hydrogen (secondary N) is 1. The van der Waals surface area contributed by atoms with Crippen molar-refractivity contribution in [1.29, 1.82) is 0 Å². The Labute approximate surface area is 111 Å². The van der Waals surface area contributed by atoms with Crippen molar-refractivity contribution in [2.45, 2.75) is 19.1 Å². The minimum atomic E-state index is 0.0584. The highest BCUT2D eigenvalue weighted by molar-refractivity contribution is 5.69. The summed E-state index contributed by atoms with van der Waals surface area (Å²) < 4.78 is 11.4. The Morgan fingerprint density at radius 2 is 2.21 bits per heavy atom. The van der Waals surface area contributed by atoms with E-state index in [0.29, 0.717) is 18.1 Å². The average Bonchev–Trinajstić information content (AvgIpc) is 2.45. The molecule has 6 nitrogen and oxygen atoms in total. The van der Waals surface area contributed by atoms with Gasteiger partial charge in [0.25, 0.3) is 0 Å². The highest BCUT2D eigenvalue weighted by Crippen LogP contribution is 2.13. The summed E-state index contributed by atoms with van der Waals surface area (Å²) in [6, 6.07) is 3.66. The fourth-order valence-corrected chi connectivity index (χ4v) is 2.07. The second-order valence-electron chi connectivity index (χ2n) is 4.59. The van der Waals surface area contributed by atoms with Crippen LogP contribution in [0.25, 0.3) is 11.2 Å². The first-order valence-corrected chi connectivity index (χ1v) is 6.38. The Hall–Kier alpha value is -1.79. The summed E-state index contributed by atoms with van der Waals surface area (Å²) >= 11 is 0. The number of rotatable bonds is 3. The summed E-state index contributed by atoms with van der Waals surface area (Å²) in [7, 11) is 0. The van der Waals surface area contributed by atoms with Crippen molar-refractivity contribution in [2.75, 3.05) is 19.7 Å². The summed E-state index contributed by atoms with van der Waals surface area (Å²) in [6.45, 7) is 4.22. The molecule has 0 bridgehead atoms. The van der Waals surface area contributed by atoms with Crippen molar-refractivity contribution in [3.8, 4) is 5.88 Å². The monoisotopic (exact) mass is 260 g/mol. The molecule has 2 atom stereocenters. The van der Waals surface area contributed by atoms with Gasteiger partial charge in [-0.15, -0.1) is 0 Å². The quantitative estimate of drug-likeness (QED) is 0.879. The Morgan fingerprint density at radius 1 is 1.32 bits per heavy atom. The molecule has 0 aliphatic carbocycles. The summed E-state index contributed by atoms with van der Waals surface area (Å²) in [5.41, 5.74) is 1.36. The van der Waals surface area contributed by atoms with Crippen molar-refractivity contribution >= 4 is 11.2 Å². The smallest absolute Gasteiger partial charge is 0.215 e. The molecule has 0 aromatic carbocycles. The van der Waals surface area contributed by atoms with E-state index >= 15 is 0 Å². The molecule has 6 heteroatoms. The first-order valence-electron chi connectivity index (χ1n) is 6.38. The normalized spacial score (nSPS) is 23.4. The third-order valence-corrected chi connectivity index (χ3v) is 2.95. The van der Waals surface area contributed by atoms with Crippen LogP contribution in [-0.2, 0) is 4.74 Å². The number of fused-ring (bicyclic) bond motifs is 1. The SMILES string of the molecule is CC1CNCC(COc2ccc3nccnc3n2)O1. The van der Waals surface area contributed by atoms with Crippen LogP contribution in [0.3, 0.4) is 0 Å². The fourth-order valence-electron chi connectivity index (χ4n) is 2.07. The molecule has 3 rings (SSSR count). The maximum atomic E-state index is 5.75. The van der Waals surface area contributed by atoms with E-state index in [2.05, 4.69) is 20.3 Å². The zero-order chi connectivity index (χ0) is 13.1. The Balaban J connectivity index is 1.64. The van der Waals surface area contributed by atoms with Crippen LogP contribution in [0.1, 0.15) is 6.92 Å². The van der Waals surface area contributed by atoms with Crippen molar-refractivity contribution in [3.05, 3.63) is 24.5 Å². The second kappa shape index (κ2) is 5.46. The predicted octanol–water partition coefficient (Wildman–Crippen LogP) is 0.780. The van der Waals surface area contributed by atoms with Gasteiger partial charge in [0, 0.05) is 31.5 Å². The van der Waals surface area contributed by atoms with Crippen LogP contribution in [0.5, 0.6) is 5.88 Å². The van der Waals surface area contributed by atoms with Crippen LogP contribution in [-0.4, -0.2) is 46.9 Å². The molecular formula is C13H16N4O2. The highest BCUT2D eigenvalue weighted by atomic mass is 16.5. The predicted molar refractivity (Wildman–Crippen MR) is 70.0 cm³/mol. The average molecular weight is 260 g/mol. The molecule has 0 spiro atoms. The number of ether oxygens (including phenoxy) is 2. The molecule has 1 N–H and O–H groups in total. The van der Waals surface area contributed by atoms with E-state index in [1.165, 1.54) is 0 Å². The van der Waals surface area contributed by atoms with E-state index in [1.54, 1.807) is 18.5 Å². The molecule has 0 amide bonds. The lowest BCUT2D eigenvalue weighted by Gasteiger charge is -2.28. The molecule has 1 saturated heterocycles. The molecule has 3 heterocycles. The zero-order valence-corrected chi connectivity index (χ0v) is 10.7. The van der Waals surface area contributed by atoms with Gasteiger partial charge in [0.2, 0.25) is 5.88 Å². The van der Waals surface area contributed by atoms with Crippen LogP contribution in [0.2, 0.25) is 0 Å². The number of pyridine rings is 1. The number of hydrogen-bond acceptors (Lipinski definition) is 6. The highest BCUT2D eigenvalue weighted by Gasteiger charge is 2.19. The third kappa shape index (κ3) is 2.97. The van der Waals surface area contributed by atoms with Gasteiger partial charge in [-0.2, -0.15) is 4.98 Å². The molecule has 19 heavy (non-hydrogen) atoms. The van der Waals surface area contributed by atoms with Crippen LogP contribution in [0, 0.1) is 0 Å². The summed E-state index contributed by atoms with van der Waals surface area (Å²) in [5, 5.41) is 3.30. The van der Waals surface area contributed by atoms with Gasteiger partial charge in [-0.3, -0.25) is 4.98 Å². The van der Waals surface area contributed by atoms with E-state index < -0.39 is 0 Å². The van der Waals surface area contributed by atoms with Gasteiger partial charge in [-0.05, 0) is 13.0 Å². The molecule has 2 unspecified atom stereocenters. The lowest BCUT2D eigenvalue weighted by Crippen LogP contribution is -2.45. The van der Waals surface area contributed by atoms with Gasteiger partial charge in [-0.25, -0.2) is 4.98 Å². The van der Waals surface area contributed by atoms with E-state index in [1.807, 2.05) is 13.0 Å². The number of hydrogen-bond donors (Lipinski definition) is 1. The maximum Gasteiger partial charge on any atom is 0.215 e. The fraction of sp³-hybridized carbons (Fsp3) is 0.462. The number of aromatic nitrogens is 3. The molecule has 1 aliphatic rings. The van der Waals surface area contributed by atoms with Crippen LogP contribution in [0.4, 0.5) is 0 Å². The van der Waals surface area contributed by atoms with Gasteiger partial charge in [0.15, 0.2) is 5.65 Å². The summed E-state index contributed by atoms with van der Waals surface area (Å²) in [4.78, 5) is 12.6.